The minimum absolute atomic E-state index is 0.0781. The van der Waals surface area contributed by atoms with E-state index >= 15 is 0 Å². The van der Waals surface area contributed by atoms with Crippen LogP contribution in [0.1, 0.15) is 84.1 Å². The second-order valence-electron chi connectivity index (χ2n) is 8.28. The highest BCUT2D eigenvalue weighted by Gasteiger charge is 2.36. The van der Waals surface area contributed by atoms with Crippen LogP contribution in [0.4, 0.5) is 0 Å². The zero-order valence-corrected chi connectivity index (χ0v) is 16.6. The normalized spacial score (nSPS) is 25.8. The molecule has 25 heavy (non-hydrogen) atoms. The Balaban J connectivity index is 1.91. The van der Waals surface area contributed by atoms with E-state index in [1.807, 2.05) is 0 Å². The standard InChI is InChI=1S/C23H35NO/c1-5-18(3)15-23(17-24)13-11-21(12-14-23)20-7-9-22(10-8-20)25-16-19(4)6-2/h7-10,18-19,21H,5-6,11-16H2,1-4H3/t18?,19-,21?,23?/m1/s1. The van der Waals surface area contributed by atoms with E-state index in [0.717, 1.165) is 50.9 Å². The molecule has 0 radical (unpaired) electrons. The molecule has 1 aromatic carbocycles. The first-order valence-electron chi connectivity index (χ1n) is 10.2. The Morgan fingerprint density at radius 1 is 1.08 bits per heavy atom. The maximum absolute atomic E-state index is 9.74. The maximum Gasteiger partial charge on any atom is 0.119 e. The van der Waals surface area contributed by atoms with Gasteiger partial charge in [0.1, 0.15) is 5.75 Å². The van der Waals surface area contributed by atoms with Gasteiger partial charge in [0, 0.05) is 0 Å². The van der Waals surface area contributed by atoms with Crippen LogP contribution in [0.15, 0.2) is 24.3 Å². The van der Waals surface area contributed by atoms with Crippen LogP contribution in [0.3, 0.4) is 0 Å². The molecule has 1 fully saturated rings. The maximum atomic E-state index is 9.74. The number of rotatable bonds is 8. The molecule has 2 rings (SSSR count). The average molecular weight is 342 g/mol. The highest BCUT2D eigenvalue weighted by Crippen LogP contribution is 2.46. The predicted octanol–water partition coefficient (Wildman–Crippen LogP) is 6.72. The van der Waals surface area contributed by atoms with Crippen molar-refractivity contribution < 1.29 is 4.74 Å². The van der Waals surface area contributed by atoms with E-state index in [4.69, 9.17) is 4.74 Å². The number of hydrogen-bond donors (Lipinski definition) is 0. The van der Waals surface area contributed by atoms with Crippen molar-refractivity contribution >= 4 is 0 Å². The molecule has 0 amide bonds. The van der Waals surface area contributed by atoms with Gasteiger partial charge in [-0.25, -0.2) is 0 Å². The second kappa shape index (κ2) is 9.27. The molecule has 1 saturated carbocycles. The Bertz CT molecular complexity index is 548. The lowest BCUT2D eigenvalue weighted by molar-refractivity contribution is 0.198. The molecular formula is C23H35NO. The van der Waals surface area contributed by atoms with Gasteiger partial charge in [0.2, 0.25) is 0 Å². The highest BCUT2D eigenvalue weighted by molar-refractivity contribution is 5.30. The van der Waals surface area contributed by atoms with Gasteiger partial charge < -0.3 is 4.74 Å². The fourth-order valence-corrected chi connectivity index (χ4v) is 3.87. The Morgan fingerprint density at radius 3 is 2.20 bits per heavy atom. The van der Waals surface area contributed by atoms with Crippen molar-refractivity contribution in [1.29, 1.82) is 5.26 Å². The SMILES string of the molecule is CCC(C)CC1(C#N)CCC(c2ccc(OC[C@H](C)CC)cc2)CC1. The molecular weight excluding hydrogens is 306 g/mol. The quantitative estimate of drug-likeness (QED) is 0.526. The van der Waals surface area contributed by atoms with Crippen molar-refractivity contribution in [2.45, 2.75) is 78.6 Å². The van der Waals surface area contributed by atoms with Crippen LogP contribution in [0.25, 0.3) is 0 Å². The minimum Gasteiger partial charge on any atom is -0.493 e. The van der Waals surface area contributed by atoms with E-state index in [-0.39, 0.29) is 5.41 Å². The van der Waals surface area contributed by atoms with E-state index < -0.39 is 0 Å². The molecule has 2 heteroatoms. The topological polar surface area (TPSA) is 33.0 Å². The summed E-state index contributed by atoms with van der Waals surface area (Å²) in [6.45, 7) is 9.72. The molecule has 138 valence electrons. The van der Waals surface area contributed by atoms with E-state index in [1.165, 1.54) is 12.0 Å². The van der Waals surface area contributed by atoms with E-state index in [0.29, 0.717) is 17.8 Å². The number of hydrogen-bond acceptors (Lipinski definition) is 2. The van der Waals surface area contributed by atoms with Crippen molar-refractivity contribution in [3.8, 4) is 11.8 Å². The fraction of sp³-hybridized carbons (Fsp3) is 0.696. The minimum atomic E-state index is -0.0781. The number of benzene rings is 1. The number of ether oxygens (including phenoxy) is 1. The van der Waals surface area contributed by atoms with Crippen LogP contribution in [0.2, 0.25) is 0 Å². The van der Waals surface area contributed by atoms with Gasteiger partial charge in [0.05, 0.1) is 18.1 Å². The first-order chi connectivity index (χ1) is 12.0. The zero-order valence-electron chi connectivity index (χ0n) is 16.6. The summed E-state index contributed by atoms with van der Waals surface area (Å²) in [6, 6.07) is 11.4. The van der Waals surface area contributed by atoms with Gasteiger partial charge >= 0.3 is 0 Å². The smallest absolute Gasteiger partial charge is 0.119 e. The summed E-state index contributed by atoms with van der Waals surface area (Å²) in [5, 5.41) is 9.74. The molecule has 1 aliphatic rings. The van der Waals surface area contributed by atoms with Gasteiger partial charge in [-0.05, 0) is 67.6 Å². The third-order valence-corrected chi connectivity index (χ3v) is 6.20. The zero-order chi connectivity index (χ0) is 18.3. The van der Waals surface area contributed by atoms with Crippen molar-refractivity contribution in [3.05, 3.63) is 29.8 Å². The lowest BCUT2D eigenvalue weighted by atomic mass is 9.66. The largest absolute Gasteiger partial charge is 0.493 e. The van der Waals surface area contributed by atoms with Gasteiger partial charge in [-0.15, -0.1) is 0 Å². The first-order valence-corrected chi connectivity index (χ1v) is 10.2. The Labute approximate surface area is 154 Å². The molecule has 2 nitrogen and oxygen atoms in total. The van der Waals surface area contributed by atoms with E-state index in [1.54, 1.807) is 0 Å². The molecule has 0 bridgehead atoms. The van der Waals surface area contributed by atoms with Crippen molar-refractivity contribution in [2.75, 3.05) is 6.61 Å². The fourth-order valence-electron chi connectivity index (χ4n) is 3.87. The van der Waals surface area contributed by atoms with Gasteiger partial charge in [-0.1, -0.05) is 52.7 Å². The third-order valence-electron chi connectivity index (χ3n) is 6.20. The van der Waals surface area contributed by atoms with Crippen LogP contribution < -0.4 is 4.74 Å². The van der Waals surface area contributed by atoms with Crippen LogP contribution in [-0.4, -0.2) is 6.61 Å². The molecule has 0 N–H and O–H groups in total. The predicted molar refractivity (Wildman–Crippen MR) is 105 cm³/mol. The van der Waals surface area contributed by atoms with Gasteiger partial charge in [-0.3, -0.25) is 0 Å². The molecule has 0 saturated heterocycles. The molecule has 0 heterocycles. The highest BCUT2D eigenvalue weighted by atomic mass is 16.5. The first kappa shape index (κ1) is 19.8. The summed E-state index contributed by atoms with van der Waals surface area (Å²) in [4.78, 5) is 0. The lowest BCUT2D eigenvalue weighted by Gasteiger charge is -2.36. The lowest BCUT2D eigenvalue weighted by Crippen LogP contribution is -2.27. The Morgan fingerprint density at radius 2 is 1.68 bits per heavy atom. The van der Waals surface area contributed by atoms with Gasteiger partial charge in [0.15, 0.2) is 0 Å². The van der Waals surface area contributed by atoms with E-state index in [9.17, 15) is 5.26 Å². The summed E-state index contributed by atoms with van der Waals surface area (Å²) in [5.41, 5.74) is 1.33. The van der Waals surface area contributed by atoms with Gasteiger partial charge in [-0.2, -0.15) is 5.26 Å². The monoisotopic (exact) mass is 341 g/mol. The van der Waals surface area contributed by atoms with Crippen LogP contribution in [-0.2, 0) is 0 Å². The second-order valence-corrected chi connectivity index (χ2v) is 8.28. The number of nitrogens with zero attached hydrogens (tertiary/aromatic N) is 1. The summed E-state index contributed by atoms with van der Waals surface area (Å²) in [5.74, 6) is 2.82. The average Bonchev–Trinajstić information content (AvgIpc) is 2.67. The Hall–Kier alpha value is -1.49. The van der Waals surface area contributed by atoms with Crippen molar-refractivity contribution in [2.24, 2.45) is 17.3 Å². The molecule has 2 atom stereocenters. The summed E-state index contributed by atoms with van der Waals surface area (Å²) >= 11 is 0. The Kier molecular flexibility index (Phi) is 7.36. The molecule has 1 aliphatic carbocycles. The molecule has 0 aromatic heterocycles. The molecule has 1 aromatic rings. The van der Waals surface area contributed by atoms with Crippen molar-refractivity contribution in [3.63, 3.8) is 0 Å². The van der Waals surface area contributed by atoms with Crippen LogP contribution >= 0.6 is 0 Å². The molecule has 0 aliphatic heterocycles. The van der Waals surface area contributed by atoms with Crippen LogP contribution in [0.5, 0.6) is 5.75 Å². The summed E-state index contributed by atoms with van der Waals surface area (Å²) in [7, 11) is 0. The molecule has 1 unspecified atom stereocenters. The third kappa shape index (κ3) is 5.50. The van der Waals surface area contributed by atoms with Gasteiger partial charge in [0.25, 0.3) is 0 Å². The van der Waals surface area contributed by atoms with Crippen LogP contribution in [0, 0.1) is 28.6 Å². The number of nitriles is 1. The summed E-state index contributed by atoms with van der Waals surface area (Å²) < 4.78 is 5.86. The summed E-state index contributed by atoms with van der Waals surface area (Å²) in [6.07, 6.45) is 7.75. The molecule has 0 spiro atoms. The van der Waals surface area contributed by atoms with E-state index in [2.05, 4.69) is 58.0 Å². The van der Waals surface area contributed by atoms with Crippen molar-refractivity contribution in [1.82, 2.24) is 0 Å².